The molecule has 2 heterocycles. The molecule has 0 N–H and O–H groups in total. The predicted molar refractivity (Wildman–Crippen MR) is 100 cm³/mol. The van der Waals surface area contributed by atoms with Crippen molar-refractivity contribution < 1.29 is 4.79 Å². The van der Waals surface area contributed by atoms with Gasteiger partial charge in [0.1, 0.15) is 0 Å². The molecule has 126 valence electrons. The van der Waals surface area contributed by atoms with Gasteiger partial charge < -0.3 is 0 Å². The summed E-state index contributed by atoms with van der Waals surface area (Å²) in [4.78, 5) is 25.2. The molecule has 0 bridgehead atoms. The van der Waals surface area contributed by atoms with Gasteiger partial charge in [0.2, 0.25) is 5.91 Å². The highest BCUT2D eigenvalue weighted by Crippen LogP contribution is 2.35. The molecule has 3 aromatic rings. The molecule has 0 saturated carbocycles. The fourth-order valence-electron chi connectivity index (χ4n) is 3.11. The second kappa shape index (κ2) is 7.15. The Morgan fingerprint density at radius 3 is 2.60 bits per heavy atom. The largest absolute Gasteiger partial charge is 0.274 e. The second-order valence-electron chi connectivity index (χ2n) is 6.14. The van der Waals surface area contributed by atoms with Crippen molar-refractivity contribution in [3.8, 4) is 0 Å². The number of fused-ring (bicyclic) bond motifs is 1. The lowest BCUT2D eigenvalue weighted by atomic mass is 10.0. The molecule has 0 spiro atoms. The molecule has 5 heteroatoms. The summed E-state index contributed by atoms with van der Waals surface area (Å²) in [5.41, 5.74) is 2.79. The van der Waals surface area contributed by atoms with Crippen molar-refractivity contribution in [2.45, 2.75) is 32.1 Å². The maximum Gasteiger partial charge on any atom is 0.239 e. The van der Waals surface area contributed by atoms with Crippen LogP contribution in [0.1, 0.15) is 29.1 Å². The first kappa shape index (κ1) is 16.0. The summed E-state index contributed by atoms with van der Waals surface area (Å²) in [6.07, 6.45) is 6.47. The molecular weight excluding hydrogens is 330 g/mol. The third kappa shape index (κ3) is 3.46. The number of rotatable bonds is 4. The molecule has 1 aliphatic rings. The van der Waals surface area contributed by atoms with Gasteiger partial charge in [0.25, 0.3) is 0 Å². The van der Waals surface area contributed by atoms with Crippen LogP contribution in [0, 0.1) is 0 Å². The van der Waals surface area contributed by atoms with E-state index in [2.05, 4.69) is 4.98 Å². The smallest absolute Gasteiger partial charge is 0.239 e. The van der Waals surface area contributed by atoms with Crippen molar-refractivity contribution in [2.75, 3.05) is 4.90 Å². The topological polar surface area (TPSA) is 46.1 Å². The van der Waals surface area contributed by atoms with Crippen molar-refractivity contribution in [1.29, 1.82) is 0 Å². The number of carbonyl (C=O) groups is 1. The van der Waals surface area contributed by atoms with E-state index < -0.39 is 0 Å². The summed E-state index contributed by atoms with van der Waals surface area (Å²) in [6.45, 7) is 0. The van der Waals surface area contributed by atoms with E-state index in [0.29, 0.717) is 0 Å². The molecule has 2 aromatic heterocycles. The van der Waals surface area contributed by atoms with Crippen molar-refractivity contribution in [1.82, 2.24) is 9.97 Å². The average Bonchev–Trinajstić information content (AvgIpc) is 3.07. The Morgan fingerprint density at radius 2 is 1.84 bits per heavy atom. The van der Waals surface area contributed by atoms with E-state index in [9.17, 15) is 4.79 Å². The minimum Gasteiger partial charge on any atom is -0.274 e. The second-order valence-corrected chi connectivity index (χ2v) is 7.20. The SMILES string of the molecule is O=C(Cc1ccccn1)N(c1ccccc1)c1nc2c(s1)CCCC2. The van der Waals surface area contributed by atoms with E-state index in [4.69, 9.17) is 4.98 Å². The molecule has 0 atom stereocenters. The minimum absolute atomic E-state index is 0.00371. The highest BCUT2D eigenvalue weighted by atomic mass is 32.1. The third-order valence-corrected chi connectivity index (χ3v) is 5.49. The molecule has 1 aliphatic carbocycles. The van der Waals surface area contributed by atoms with Crippen LogP contribution in [0.3, 0.4) is 0 Å². The van der Waals surface area contributed by atoms with E-state index in [1.807, 2.05) is 48.5 Å². The van der Waals surface area contributed by atoms with Crippen LogP contribution in [-0.4, -0.2) is 15.9 Å². The average molecular weight is 349 g/mol. The Bertz CT molecular complexity index is 838. The minimum atomic E-state index is -0.00371. The number of aryl methyl sites for hydroxylation is 2. The van der Waals surface area contributed by atoms with Crippen molar-refractivity contribution >= 4 is 28.1 Å². The van der Waals surface area contributed by atoms with Crippen molar-refractivity contribution in [2.24, 2.45) is 0 Å². The van der Waals surface area contributed by atoms with Crippen LogP contribution in [0.2, 0.25) is 0 Å². The highest BCUT2D eigenvalue weighted by molar-refractivity contribution is 7.16. The monoisotopic (exact) mass is 349 g/mol. The summed E-state index contributed by atoms with van der Waals surface area (Å²) in [5, 5.41) is 0.777. The number of hydrogen-bond acceptors (Lipinski definition) is 4. The van der Waals surface area contributed by atoms with Crippen LogP contribution in [0.15, 0.2) is 54.7 Å². The highest BCUT2D eigenvalue weighted by Gasteiger charge is 2.24. The molecule has 1 aromatic carbocycles. The van der Waals surface area contributed by atoms with Crippen LogP contribution >= 0.6 is 11.3 Å². The molecule has 4 rings (SSSR count). The van der Waals surface area contributed by atoms with Crippen LogP contribution in [0.5, 0.6) is 0 Å². The summed E-state index contributed by atoms with van der Waals surface area (Å²) in [5.74, 6) is -0.00371. The Morgan fingerprint density at radius 1 is 1.04 bits per heavy atom. The molecular formula is C20H19N3OS. The number of aromatic nitrogens is 2. The fourth-order valence-corrected chi connectivity index (χ4v) is 4.30. The summed E-state index contributed by atoms with van der Waals surface area (Å²) in [6, 6.07) is 15.4. The van der Waals surface area contributed by atoms with Crippen molar-refractivity contribution in [3.05, 3.63) is 71.0 Å². The Kier molecular flexibility index (Phi) is 4.57. The lowest BCUT2D eigenvalue weighted by molar-refractivity contribution is -0.117. The lowest BCUT2D eigenvalue weighted by Gasteiger charge is -2.20. The van der Waals surface area contributed by atoms with E-state index in [1.54, 1.807) is 22.4 Å². The van der Waals surface area contributed by atoms with Gasteiger partial charge >= 0.3 is 0 Å². The van der Waals surface area contributed by atoms with Gasteiger partial charge in [-0.25, -0.2) is 4.98 Å². The van der Waals surface area contributed by atoms with Gasteiger partial charge in [-0.05, 0) is 49.9 Å². The normalized spacial score (nSPS) is 13.3. The Balaban J connectivity index is 1.69. The van der Waals surface area contributed by atoms with Crippen LogP contribution in [0.25, 0.3) is 0 Å². The summed E-state index contributed by atoms with van der Waals surface area (Å²) < 4.78 is 0. The van der Waals surface area contributed by atoms with E-state index in [-0.39, 0.29) is 12.3 Å². The first-order chi connectivity index (χ1) is 12.3. The number of benzene rings is 1. The first-order valence-electron chi connectivity index (χ1n) is 8.58. The van der Waals surface area contributed by atoms with Crippen LogP contribution in [0.4, 0.5) is 10.8 Å². The standard InChI is InChI=1S/C20H19N3OS/c24-19(14-15-8-6-7-13-21-15)23(16-9-2-1-3-10-16)20-22-17-11-4-5-12-18(17)25-20/h1-3,6-10,13H,4-5,11-12,14H2. The summed E-state index contributed by atoms with van der Waals surface area (Å²) in [7, 11) is 0. The van der Waals surface area contributed by atoms with Gasteiger partial charge in [-0.2, -0.15) is 0 Å². The molecule has 0 fully saturated rings. The number of anilines is 2. The Hall–Kier alpha value is -2.53. The molecule has 25 heavy (non-hydrogen) atoms. The maximum atomic E-state index is 13.1. The molecule has 0 radical (unpaired) electrons. The van der Waals surface area contributed by atoms with E-state index in [0.717, 1.165) is 35.0 Å². The molecule has 0 unspecified atom stereocenters. The quantitative estimate of drug-likeness (QED) is 0.704. The van der Waals surface area contributed by atoms with E-state index >= 15 is 0 Å². The fraction of sp³-hybridized carbons (Fsp3) is 0.250. The third-order valence-electron chi connectivity index (χ3n) is 4.35. The van der Waals surface area contributed by atoms with E-state index in [1.165, 1.54) is 17.7 Å². The number of hydrogen-bond donors (Lipinski definition) is 0. The molecule has 0 saturated heterocycles. The number of para-hydroxylation sites is 1. The van der Waals surface area contributed by atoms with Gasteiger partial charge in [-0.15, -0.1) is 11.3 Å². The molecule has 0 aliphatic heterocycles. The van der Waals surface area contributed by atoms with Gasteiger partial charge in [0.15, 0.2) is 5.13 Å². The summed E-state index contributed by atoms with van der Waals surface area (Å²) >= 11 is 1.65. The zero-order chi connectivity index (χ0) is 17.1. The molecule has 1 amide bonds. The number of thiazole rings is 1. The predicted octanol–water partition coefficient (Wildman–Crippen LogP) is 4.32. The lowest BCUT2D eigenvalue weighted by Crippen LogP contribution is -2.27. The van der Waals surface area contributed by atoms with Gasteiger partial charge in [-0.3, -0.25) is 14.7 Å². The number of pyridine rings is 1. The van der Waals surface area contributed by atoms with Gasteiger partial charge in [-0.1, -0.05) is 24.3 Å². The number of carbonyl (C=O) groups excluding carboxylic acids is 1. The number of nitrogens with zero attached hydrogens (tertiary/aromatic N) is 3. The van der Waals surface area contributed by atoms with Gasteiger partial charge in [0, 0.05) is 16.8 Å². The first-order valence-corrected chi connectivity index (χ1v) is 9.39. The zero-order valence-electron chi connectivity index (χ0n) is 13.9. The van der Waals surface area contributed by atoms with Crippen LogP contribution in [-0.2, 0) is 24.1 Å². The maximum absolute atomic E-state index is 13.1. The van der Waals surface area contributed by atoms with Gasteiger partial charge in [0.05, 0.1) is 17.8 Å². The van der Waals surface area contributed by atoms with Crippen molar-refractivity contribution in [3.63, 3.8) is 0 Å². The zero-order valence-corrected chi connectivity index (χ0v) is 14.7. The molecule has 4 nitrogen and oxygen atoms in total. The Labute approximate surface area is 151 Å². The number of amides is 1. The van der Waals surface area contributed by atoms with Crippen LogP contribution < -0.4 is 4.90 Å².